The van der Waals surface area contributed by atoms with Crippen LogP contribution in [0, 0.1) is 0 Å². The fraction of sp³-hybridized carbons (Fsp3) is 0.455. The second-order valence-electron chi connectivity index (χ2n) is 4.38. The molecule has 0 saturated heterocycles. The molecule has 0 saturated carbocycles. The van der Waals surface area contributed by atoms with Gasteiger partial charge < -0.3 is 9.88 Å². The summed E-state index contributed by atoms with van der Waals surface area (Å²) in [7, 11) is 0. The highest BCUT2D eigenvalue weighted by Crippen LogP contribution is 2.19. The van der Waals surface area contributed by atoms with Crippen LogP contribution < -0.4 is 5.32 Å². The van der Waals surface area contributed by atoms with Gasteiger partial charge in [-0.15, -0.1) is 5.10 Å². The quantitative estimate of drug-likeness (QED) is 0.826. The predicted molar refractivity (Wildman–Crippen MR) is 63.9 cm³/mol. The Morgan fingerprint density at radius 1 is 1.44 bits per heavy atom. The largest absolute Gasteiger partial charge is 0.325 e. The molecule has 1 aliphatic rings. The van der Waals surface area contributed by atoms with Crippen LogP contribution in [0.5, 0.6) is 0 Å². The number of rotatable bonds is 3. The summed E-state index contributed by atoms with van der Waals surface area (Å²) in [5.41, 5.74) is 2.33. The molecule has 18 heavy (non-hydrogen) atoms. The van der Waals surface area contributed by atoms with Crippen molar-refractivity contribution in [2.45, 2.75) is 32.2 Å². The first kappa shape index (κ1) is 10.9. The van der Waals surface area contributed by atoms with Gasteiger partial charge in [-0.3, -0.25) is 4.79 Å². The monoisotopic (exact) mass is 246 g/mol. The van der Waals surface area contributed by atoms with Gasteiger partial charge in [0.25, 0.3) is 0 Å². The van der Waals surface area contributed by atoms with E-state index in [2.05, 4.69) is 25.7 Å². The Morgan fingerprint density at radius 3 is 3.17 bits per heavy atom. The van der Waals surface area contributed by atoms with Gasteiger partial charge in [-0.2, -0.15) is 10.3 Å². The molecule has 0 aliphatic heterocycles. The van der Waals surface area contributed by atoms with Gasteiger partial charge in [0.2, 0.25) is 5.91 Å². The first-order valence-electron chi connectivity index (χ1n) is 6.01. The van der Waals surface area contributed by atoms with Crippen molar-refractivity contribution in [1.29, 1.82) is 0 Å². The van der Waals surface area contributed by atoms with Crippen LogP contribution in [0.25, 0.3) is 0 Å². The summed E-state index contributed by atoms with van der Waals surface area (Å²) in [6, 6.07) is 0. The van der Waals surface area contributed by atoms with Crippen LogP contribution in [0.1, 0.15) is 24.2 Å². The molecule has 0 fully saturated rings. The number of anilines is 1. The Kier molecular flexibility index (Phi) is 2.79. The molecule has 94 valence electrons. The summed E-state index contributed by atoms with van der Waals surface area (Å²) < 4.78 is 1.92. The number of hydrogen-bond acceptors (Lipinski definition) is 4. The lowest BCUT2D eigenvalue weighted by Crippen LogP contribution is -2.20. The number of imidazole rings is 1. The fourth-order valence-corrected chi connectivity index (χ4v) is 2.27. The number of aromatic nitrogens is 5. The zero-order valence-corrected chi connectivity index (χ0v) is 9.89. The third-order valence-electron chi connectivity index (χ3n) is 3.11. The van der Waals surface area contributed by atoms with E-state index in [1.54, 1.807) is 6.33 Å². The molecule has 7 nitrogen and oxygen atoms in total. The predicted octanol–water partition coefficient (Wildman–Crippen LogP) is 0.519. The van der Waals surface area contributed by atoms with Crippen LogP contribution >= 0.6 is 0 Å². The molecule has 0 bridgehead atoms. The molecule has 7 heteroatoms. The van der Waals surface area contributed by atoms with Gasteiger partial charge in [0, 0.05) is 5.69 Å². The zero-order valence-electron chi connectivity index (χ0n) is 9.89. The van der Waals surface area contributed by atoms with Crippen molar-refractivity contribution in [1.82, 2.24) is 25.0 Å². The molecule has 0 radical (unpaired) electrons. The second-order valence-corrected chi connectivity index (χ2v) is 4.38. The SMILES string of the molecule is O=C(Cn1cnc2c1CCCC2)Nc1cn[nH]n1. The Morgan fingerprint density at radius 2 is 2.33 bits per heavy atom. The fourth-order valence-electron chi connectivity index (χ4n) is 2.27. The van der Waals surface area contributed by atoms with E-state index in [-0.39, 0.29) is 12.5 Å². The Labute approximate surface area is 104 Å². The molecule has 1 amide bonds. The topological polar surface area (TPSA) is 88.5 Å². The molecule has 0 atom stereocenters. The van der Waals surface area contributed by atoms with E-state index in [9.17, 15) is 4.79 Å². The average Bonchev–Trinajstić information content (AvgIpc) is 3.00. The molecule has 1 aliphatic carbocycles. The molecule has 3 rings (SSSR count). The van der Waals surface area contributed by atoms with Crippen LogP contribution in [0.3, 0.4) is 0 Å². The van der Waals surface area contributed by atoms with Gasteiger partial charge in [-0.05, 0) is 25.7 Å². The molecule has 2 aromatic rings. The van der Waals surface area contributed by atoms with Crippen LogP contribution in [-0.4, -0.2) is 30.9 Å². The van der Waals surface area contributed by atoms with E-state index in [1.807, 2.05) is 4.57 Å². The summed E-state index contributed by atoms with van der Waals surface area (Å²) in [4.78, 5) is 16.2. The Hall–Kier alpha value is -2.18. The molecule has 2 aromatic heterocycles. The summed E-state index contributed by atoms with van der Waals surface area (Å²) >= 11 is 0. The minimum absolute atomic E-state index is 0.116. The van der Waals surface area contributed by atoms with Gasteiger partial charge in [-0.1, -0.05) is 0 Å². The third-order valence-corrected chi connectivity index (χ3v) is 3.11. The maximum atomic E-state index is 11.8. The number of hydrogen-bond donors (Lipinski definition) is 2. The standard InChI is InChI=1S/C11H14N6O/c18-11(14-10-5-13-16-15-10)6-17-7-12-8-3-1-2-4-9(8)17/h5,7H,1-4,6H2,(H2,13,14,15,16,18). The highest BCUT2D eigenvalue weighted by atomic mass is 16.2. The Balaban J connectivity index is 1.69. The number of carbonyl (C=O) groups is 1. The van der Waals surface area contributed by atoms with Crippen molar-refractivity contribution in [3.63, 3.8) is 0 Å². The Bertz CT molecular complexity index is 544. The number of nitrogens with one attached hydrogen (secondary N) is 2. The minimum atomic E-state index is -0.116. The van der Waals surface area contributed by atoms with Crippen molar-refractivity contribution in [3.8, 4) is 0 Å². The number of carbonyl (C=O) groups excluding carboxylic acids is 1. The average molecular weight is 246 g/mol. The second kappa shape index (κ2) is 4.59. The minimum Gasteiger partial charge on any atom is -0.325 e. The van der Waals surface area contributed by atoms with Crippen molar-refractivity contribution < 1.29 is 4.79 Å². The van der Waals surface area contributed by atoms with Crippen molar-refractivity contribution >= 4 is 11.7 Å². The maximum Gasteiger partial charge on any atom is 0.245 e. The summed E-state index contributed by atoms with van der Waals surface area (Å²) in [6.07, 6.45) is 7.61. The van der Waals surface area contributed by atoms with Crippen molar-refractivity contribution in [3.05, 3.63) is 23.9 Å². The number of nitrogens with zero attached hydrogens (tertiary/aromatic N) is 4. The van der Waals surface area contributed by atoms with Crippen molar-refractivity contribution in [2.75, 3.05) is 5.32 Å². The lowest BCUT2D eigenvalue weighted by Gasteiger charge is -2.13. The number of fused-ring (bicyclic) bond motifs is 1. The maximum absolute atomic E-state index is 11.8. The first-order chi connectivity index (χ1) is 8.83. The molecule has 2 N–H and O–H groups in total. The van der Waals surface area contributed by atoms with E-state index in [4.69, 9.17) is 0 Å². The third kappa shape index (κ3) is 2.11. The molecular weight excluding hydrogens is 232 g/mol. The molecule has 0 unspecified atom stereocenters. The lowest BCUT2D eigenvalue weighted by atomic mass is 10.0. The van der Waals surface area contributed by atoms with Gasteiger partial charge in [0.15, 0.2) is 5.82 Å². The molecule has 2 heterocycles. The van der Waals surface area contributed by atoms with E-state index in [0.29, 0.717) is 5.82 Å². The van der Waals surface area contributed by atoms with E-state index < -0.39 is 0 Å². The smallest absolute Gasteiger partial charge is 0.245 e. The van der Waals surface area contributed by atoms with Crippen molar-refractivity contribution in [2.24, 2.45) is 0 Å². The van der Waals surface area contributed by atoms with E-state index >= 15 is 0 Å². The lowest BCUT2D eigenvalue weighted by molar-refractivity contribution is -0.116. The summed E-state index contributed by atoms with van der Waals surface area (Å²) in [5.74, 6) is 0.323. The summed E-state index contributed by atoms with van der Waals surface area (Å²) in [6.45, 7) is 0.273. The highest BCUT2D eigenvalue weighted by Gasteiger charge is 2.16. The number of H-pyrrole nitrogens is 1. The molecule has 0 spiro atoms. The van der Waals surface area contributed by atoms with Crippen LogP contribution in [0.4, 0.5) is 5.82 Å². The number of aromatic amines is 1. The highest BCUT2D eigenvalue weighted by molar-refractivity contribution is 5.89. The van der Waals surface area contributed by atoms with Crippen LogP contribution in [0.15, 0.2) is 12.5 Å². The first-order valence-corrected chi connectivity index (χ1v) is 6.01. The zero-order chi connectivity index (χ0) is 12.4. The van der Waals surface area contributed by atoms with Gasteiger partial charge in [0.1, 0.15) is 6.54 Å². The summed E-state index contributed by atoms with van der Waals surface area (Å²) in [5, 5.41) is 12.5. The van der Waals surface area contributed by atoms with E-state index in [0.717, 1.165) is 18.5 Å². The van der Waals surface area contributed by atoms with Crippen LogP contribution in [0.2, 0.25) is 0 Å². The van der Waals surface area contributed by atoms with Gasteiger partial charge in [0.05, 0.1) is 18.2 Å². The molecule has 0 aromatic carbocycles. The molecular formula is C11H14N6O. The van der Waals surface area contributed by atoms with E-state index in [1.165, 1.54) is 24.7 Å². The normalized spacial score (nSPS) is 14.2. The number of aryl methyl sites for hydroxylation is 1. The van der Waals surface area contributed by atoms with Crippen LogP contribution in [-0.2, 0) is 24.2 Å². The van der Waals surface area contributed by atoms with Gasteiger partial charge in [-0.25, -0.2) is 4.98 Å². The van der Waals surface area contributed by atoms with Gasteiger partial charge >= 0.3 is 0 Å². The number of amides is 1.